The van der Waals surface area contributed by atoms with Crippen LogP contribution >= 0.6 is 0 Å². The predicted molar refractivity (Wildman–Crippen MR) is 61.9 cm³/mol. The largest absolute Gasteiger partial charge is 0.399 e. The van der Waals surface area contributed by atoms with Crippen LogP contribution in [0.1, 0.15) is 24.8 Å². The fourth-order valence-electron chi connectivity index (χ4n) is 1.84. The molecule has 2 N–H and O–H groups in total. The maximum Gasteiger partial charge on any atom is 0.233 e. The van der Waals surface area contributed by atoms with Crippen LogP contribution in [-0.4, -0.2) is 11.8 Å². The number of anilines is 2. The minimum Gasteiger partial charge on any atom is -0.399 e. The number of hydrogen-bond donors (Lipinski definition) is 1. The van der Waals surface area contributed by atoms with E-state index in [9.17, 15) is 9.59 Å². The summed E-state index contributed by atoms with van der Waals surface area (Å²) in [6, 6.07) is 5.21. The molecule has 0 aliphatic carbocycles. The van der Waals surface area contributed by atoms with Crippen LogP contribution in [0, 0.1) is 6.92 Å². The Hall–Kier alpha value is -1.84. The number of carbonyl (C=O) groups is 2. The van der Waals surface area contributed by atoms with E-state index < -0.39 is 0 Å². The number of piperidine rings is 1. The molecule has 1 saturated heterocycles. The highest BCUT2D eigenvalue weighted by Crippen LogP contribution is 2.25. The van der Waals surface area contributed by atoms with E-state index in [-0.39, 0.29) is 11.8 Å². The van der Waals surface area contributed by atoms with Crippen molar-refractivity contribution in [2.45, 2.75) is 26.2 Å². The molecule has 1 aromatic carbocycles. The molecule has 0 bridgehead atoms. The highest BCUT2D eigenvalue weighted by Gasteiger charge is 2.27. The Morgan fingerprint density at radius 2 is 1.81 bits per heavy atom. The second-order valence-corrected chi connectivity index (χ2v) is 4.02. The van der Waals surface area contributed by atoms with Crippen molar-refractivity contribution in [2.75, 3.05) is 10.6 Å². The SMILES string of the molecule is Cc1cc(N2C(=O)CCCC2=O)ccc1N. The molecule has 1 heterocycles. The smallest absolute Gasteiger partial charge is 0.233 e. The fourth-order valence-corrected chi connectivity index (χ4v) is 1.84. The molecule has 0 spiro atoms. The zero-order valence-corrected chi connectivity index (χ0v) is 9.19. The van der Waals surface area contributed by atoms with Crippen LogP contribution in [0.3, 0.4) is 0 Å². The van der Waals surface area contributed by atoms with Crippen molar-refractivity contribution in [1.29, 1.82) is 0 Å². The first kappa shape index (κ1) is 10.7. The number of benzene rings is 1. The van der Waals surface area contributed by atoms with Crippen molar-refractivity contribution in [2.24, 2.45) is 0 Å². The van der Waals surface area contributed by atoms with Crippen molar-refractivity contribution < 1.29 is 9.59 Å². The molecule has 16 heavy (non-hydrogen) atoms. The van der Waals surface area contributed by atoms with Gasteiger partial charge in [-0.15, -0.1) is 0 Å². The number of nitrogen functional groups attached to an aromatic ring is 1. The topological polar surface area (TPSA) is 63.4 Å². The van der Waals surface area contributed by atoms with Gasteiger partial charge < -0.3 is 5.73 Å². The molecule has 1 aliphatic heterocycles. The van der Waals surface area contributed by atoms with Crippen molar-refractivity contribution in [3.63, 3.8) is 0 Å². The van der Waals surface area contributed by atoms with Gasteiger partial charge in [0.1, 0.15) is 0 Å². The number of nitrogens with two attached hydrogens (primary N) is 1. The lowest BCUT2D eigenvalue weighted by atomic mass is 10.1. The Bertz CT molecular complexity index is 438. The standard InChI is InChI=1S/C12H14N2O2/c1-8-7-9(5-6-10(8)13)14-11(15)3-2-4-12(14)16/h5-7H,2-4,13H2,1H3. The Morgan fingerprint density at radius 3 is 2.38 bits per heavy atom. The second-order valence-electron chi connectivity index (χ2n) is 4.02. The van der Waals surface area contributed by atoms with E-state index in [2.05, 4.69) is 0 Å². The van der Waals surface area contributed by atoms with Gasteiger partial charge in [0.25, 0.3) is 0 Å². The molecule has 1 fully saturated rings. The van der Waals surface area contributed by atoms with Crippen molar-refractivity contribution in [3.05, 3.63) is 23.8 Å². The Kier molecular flexibility index (Phi) is 2.64. The van der Waals surface area contributed by atoms with Crippen LogP contribution in [0.15, 0.2) is 18.2 Å². The lowest BCUT2D eigenvalue weighted by Gasteiger charge is -2.25. The Labute approximate surface area is 94.0 Å². The van der Waals surface area contributed by atoms with E-state index in [4.69, 9.17) is 5.73 Å². The summed E-state index contributed by atoms with van der Waals surface area (Å²) in [5.74, 6) is -0.249. The minimum atomic E-state index is -0.125. The van der Waals surface area contributed by atoms with Gasteiger partial charge in [-0.3, -0.25) is 14.5 Å². The molecule has 0 atom stereocenters. The van der Waals surface area contributed by atoms with E-state index >= 15 is 0 Å². The van der Waals surface area contributed by atoms with Crippen LogP contribution in [0.4, 0.5) is 11.4 Å². The van der Waals surface area contributed by atoms with Gasteiger partial charge in [0, 0.05) is 18.5 Å². The van der Waals surface area contributed by atoms with Gasteiger partial charge in [-0.25, -0.2) is 0 Å². The van der Waals surface area contributed by atoms with E-state index in [1.165, 1.54) is 4.90 Å². The molecule has 1 aliphatic rings. The lowest BCUT2D eigenvalue weighted by Crippen LogP contribution is -2.40. The van der Waals surface area contributed by atoms with E-state index in [0.717, 1.165) is 5.56 Å². The third-order valence-corrected chi connectivity index (χ3v) is 2.79. The monoisotopic (exact) mass is 218 g/mol. The third kappa shape index (κ3) is 1.78. The summed E-state index contributed by atoms with van der Waals surface area (Å²) in [6.45, 7) is 1.86. The molecule has 2 rings (SSSR count). The summed E-state index contributed by atoms with van der Waals surface area (Å²) in [4.78, 5) is 24.6. The van der Waals surface area contributed by atoms with Crippen LogP contribution in [0.5, 0.6) is 0 Å². The average Bonchev–Trinajstić information content (AvgIpc) is 2.23. The zero-order chi connectivity index (χ0) is 11.7. The lowest BCUT2D eigenvalue weighted by molar-refractivity contribution is -0.129. The fraction of sp³-hybridized carbons (Fsp3) is 0.333. The first-order valence-corrected chi connectivity index (χ1v) is 5.31. The third-order valence-electron chi connectivity index (χ3n) is 2.79. The minimum absolute atomic E-state index is 0.125. The Balaban J connectivity index is 2.38. The van der Waals surface area contributed by atoms with Crippen molar-refractivity contribution in [1.82, 2.24) is 0 Å². The number of amides is 2. The van der Waals surface area contributed by atoms with Gasteiger partial charge in [0.2, 0.25) is 11.8 Å². The second kappa shape index (κ2) is 3.96. The zero-order valence-electron chi connectivity index (χ0n) is 9.19. The molecule has 0 saturated carbocycles. The quantitative estimate of drug-likeness (QED) is 0.575. The highest BCUT2D eigenvalue weighted by atomic mass is 16.2. The molecule has 84 valence electrons. The number of nitrogens with zero attached hydrogens (tertiary/aromatic N) is 1. The van der Waals surface area contributed by atoms with Crippen molar-refractivity contribution >= 4 is 23.2 Å². The van der Waals surface area contributed by atoms with Crippen LogP contribution in [0.25, 0.3) is 0 Å². The molecule has 1 aromatic rings. The molecule has 4 heteroatoms. The Morgan fingerprint density at radius 1 is 1.19 bits per heavy atom. The number of hydrogen-bond acceptors (Lipinski definition) is 3. The van der Waals surface area contributed by atoms with Crippen LogP contribution in [0.2, 0.25) is 0 Å². The molecule has 0 aromatic heterocycles. The average molecular weight is 218 g/mol. The van der Waals surface area contributed by atoms with Crippen LogP contribution < -0.4 is 10.6 Å². The molecule has 0 radical (unpaired) electrons. The van der Waals surface area contributed by atoms with Gasteiger partial charge >= 0.3 is 0 Å². The maximum absolute atomic E-state index is 11.7. The summed E-state index contributed by atoms with van der Waals surface area (Å²) in [7, 11) is 0. The van der Waals surface area contributed by atoms with Gasteiger partial charge in [-0.1, -0.05) is 0 Å². The first-order chi connectivity index (χ1) is 7.59. The molecule has 4 nitrogen and oxygen atoms in total. The normalized spacial score (nSPS) is 16.7. The number of rotatable bonds is 1. The summed E-state index contributed by atoms with van der Waals surface area (Å²) < 4.78 is 0. The van der Waals surface area contributed by atoms with Crippen molar-refractivity contribution in [3.8, 4) is 0 Å². The maximum atomic E-state index is 11.7. The molecule has 0 unspecified atom stereocenters. The number of imide groups is 1. The van der Waals surface area contributed by atoms with E-state index in [0.29, 0.717) is 30.6 Å². The first-order valence-electron chi connectivity index (χ1n) is 5.31. The van der Waals surface area contributed by atoms with E-state index in [1.807, 2.05) is 6.92 Å². The van der Waals surface area contributed by atoms with Gasteiger partial charge in [-0.2, -0.15) is 0 Å². The molecule has 2 amide bonds. The van der Waals surface area contributed by atoms with E-state index in [1.54, 1.807) is 18.2 Å². The molecular weight excluding hydrogens is 204 g/mol. The van der Waals surface area contributed by atoms with Gasteiger partial charge in [0.05, 0.1) is 5.69 Å². The molecular formula is C12H14N2O2. The van der Waals surface area contributed by atoms with Crippen LogP contribution in [-0.2, 0) is 9.59 Å². The van der Waals surface area contributed by atoms with Gasteiger partial charge in [-0.05, 0) is 37.1 Å². The van der Waals surface area contributed by atoms with Gasteiger partial charge in [0.15, 0.2) is 0 Å². The summed E-state index contributed by atoms with van der Waals surface area (Å²) in [5.41, 5.74) is 7.87. The number of aryl methyl sites for hydroxylation is 1. The summed E-state index contributed by atoms with van der Waals surface area (Å²) in [5, 5.41) is 0. The predicted octanol–water partition coefficient (Wildman–Crippen LogP) is 1.62. The highest BCUT2D eigenvalue weighted by molar-refractivity contribution is 6.16. The summed E-state index contributed by atoms with van der Waals surface area (Å²) >= 11 is 0. The number of carbonyl (C=O) groups excluding carboxylic acids is 2. The summed E-state index contributed by atoms with van der Waals surface area (Å²) in [6.07, 6.45) is 1.53.